The number of oxazole rings is 1. The summed E-state index contributed by atoms with van der Waals surface area (Å²) in [6, 6.07) is 7.51. The van der Waals surface area contributed by atoms with Crippen LogP contribution in [0.25, 0.3) is 11.3 Å². The highest BCUT2D eigenvalue weighted by molar-refractivity contribution is 7.91. The minimum absolute atomic E-state index is 0.0323. The summed E-state index contributed by atoms with van der Waals surface area (Å²) in [5, 5.41) is 11.8. The Bertz CT molecular complexity index is 1500. The largest absolute Gasteiger partial charge is 0.463 e. The minimum Gasteiger partial charge on any atom is -0.439 e. The van der Waals surface area contributed by atoms with Crippen LogP contribution in [0.3, 0.4) is 0 Å². The maximum atomic E-state index is 14.6. The topological polar surface area (TPSA) is 116 Å². The molecule has 2 heterocycles. The Morgan fingerprint density at radius 1 is 1.07 bits per heavy atom. The zero-order valence-electron chi connectivity index (χ0n) is 21.9. The van der Waals surface area contributed by atoms with Crippen LogP contribution in [-0.4, -0.2) is 61.5 Å². The molecule has 0 spiro atoms. The summed E-state index contributed by atoms with van der Waals surface area (Å²) in [4.78, 5) is 18.3. The number of carbonyl (C=O) groups excluding carboxylic acids is 1. The van der Waals surface area contributed by atoms with Crippen LogP contribution >= 0.6 is 0 Å². The molecule has 1 amide bonds. The lowest BCUT2D eigenvalue weighted by Gasteiger charge is -2.34. The molecule has 1 aromatic heterocycles. The number of nitrogens with one attached hydrogen (secondary N) is 1. The lowest BCUT2D eigenvalue weighted by Crippen LogP contribution is -2.45. The van der Waals surface area contributed by atoms with Crippen LogP contribution in [-0.2, 0) is 20.6 Å². The second-order valence-electron chi connectivity index (χ2n) is 11.0. The van der Waals surface area contributed by atoms with Crippen molar-refractivity contribution in [3.05, 3.63) is 35.9 Å². The van der Waals surface area contributed by atoms with E-state index < -0.39 is 87.7 Å². The van der Waals surface area contributed by atoms with E-state index in [9.17, 15) is 49.2 Å². The number of nitrogens with zero attached hydrogens (tertiary/aromatic N) is 3. The third-order valence-corrected chi connectivity index (χ3v) is 9.56. The smallest absolute Gasteiger partial charge is 0.439 e. The third-order valence-electron chi connectivity index (χ3n) is 7.95. The number of aromatic nitrogens is 1. The first kappa shape index (κ1) is 30.1. The van der Waals surface area contributed by atoms with Crippen molar-refractivity contribution in [2.45, 2.75) is 61.6 Å². The van der Waals surface area contributed by atoms with E-state index in [0.717, 1.165) is 0 Å². The van der Waals surface area contributed by atoms with Gasteiger partial charge in [0, 0.05) is 49.0 Å². The van der Waals surface area contributed by atoms with Crippen LogP contribution in [0, 0.1) is 17.2 Å². The number of carbonyl (C=O) groups is 1. The number of hydrogen-bond donors (Lipinski definition) is 1. The Balaban J connectivity index is 1.55. The van der Waals surface area contributed by atoms with Gasteiger partial charge < -0.3 is 14.6 Å². The van der Waals surface area contributed by atoms with Crippen molar-refractivity contribution in [1.82, 2.24) is 10.3 Å². The summed E-state index contributed by atoms with van der Waals surface area (Å²) in [6.07, 6.45) is -7.71. The molecule has 5 rings (SSSR count). The molecular weight excluding hydrogens is 597 g/mol. The average Bonchev–Trinajstić information content (AvgIpc) is 3.53. The number of alkyl halides is 7. The maximum absolute atomic E-state index is 14.6. The highest BCUT2D eigenvalue weighted by atomic mass is 32.2. The second kappa shape index (κ2) is 10.1. The van der Waals surface area contributed by atoms with Gasteiger partial charge in [-0.15, -0.1) is 0 Å². The van der Waals surface area contributed by atoms with E-state index in [1.54, 1.807) is 4.90 Å². The molecule has 3 aliphatic rings. The molecule has 16 heteroatoms. The Morgan fingerprint density at radius 3 is 2.24 bits per heavy atom. The molecule has 0 radical (unpaired) electrons. The van der Waals surface area contributed by atoms with Crippen molar-refractivity contribution in [2.75, 3.05) is 29.5 Å². The molecule has 0 unspecified atom stereocenters. The van der Waals surface area contributed by atoms with Crippen molar-refractivity contribution in [3.63, 3.8) is 0 Å². The molecule has 2 aliphatic carbocycles. The van der Waals surface area contributed by atoms with Gasteiger partial charge >= 0.3 is 12.1 Å². The van der Waals surface area contributed by atoms with Crippen molar-refractivity contribution in [2.24, 2.45) is 5.92 Å². The van der Waals surface area contributed by atoms with Crippen molar-refractivity contribution in [1.29, 1.82) is 5.26 Å². The lowest BCUT2D eigenvalue weighted by molar-refractivity contribution is -0.297. The van der Waals surface area contributed by atoms with Gasteiger partial charge in [0.15, 0.2) is 9.84 Å². The van der Waals surface area contributed by atoms with Crippen LogP contribution in [0.2, 0.25) is 0 Å². The molecule has 1 aromatic carbocycles. The molecule has 8 nitrogen and oxygen atoms in total. The van der Waals surface area contributed by atoms with Crippen molar-refractivity contribution in [3.8, 4) is 17.3 Å². The van der Waals surface area contributed by atoms with Gasteiger partial charge in [0.05, 0.1) is 17.6 Å². The van der Waals surface area contributed by atoms with Gasteiger partial charge in [0.25, 0.3) is 5.89 Å². The van der Waals surface area contributed by atoms with Gasteiger partial charge in [-0.3, -0.25) is 4.79 Å². The number of halogens is 7. The Hall–Kier alpha value is -3.35. The van der Waals surface area contributed by atoms with E-state index in [1.165, 1.54) is 24.3 Å². The number of nitriles is 1. The molecule has 1 saturated heterocycles. The Kier molecular flexibility index (Phi) is 7.27. The van der Waals surface area contributed by atoms with Gasteiger partial charge in [-0.25, -0.2) is 22.2 Å². The highest BCUT2D eigenvalue weighted by Crippen LogP contribution is 2.51. The first-order valence-electron chi connectivity index (χ1n) is 13.1. The molecular formula is C26H25F7N4O4S. The van der Waals surface area contributed by atoms with Crippen LogP contribution in [0.5, 0.6) is 0 Å². The summed E-state index contributed by atoms with van der Waals surface area (Å²) in [5.74, 6) is -15.7. The van der Waals surface area contributed by atoms with Gasteiger partial charge in [0.1, 0.15) is 17.0 Å². The first-order chi connectivity index (χ1) is 19.5. The molecule has 2 atom stereocenters. The van der Waals surface area contributed by atoms with E-state index in [0.29, 0.717) is 18.5 Å². The summed E-state index contributed by atoms with van der Waals surface area (Å²) in [7, 11) is -3.19. The number of amides is 1. The predicted octanol–water partition coefficient (Wildman–Crippen LogP) is 4.92. The zero-order chi connectivity index (χ0) is 30.7. The maximum Gasteiger partial charge on any atom is 0.463 e. The first-order valence-corrected chi connectivity index (χ1v) is 14.9. The fraction of sp³-hybridized carbons (Fsp3) is 0.577. The second-order valence-corrected chi connectivity index (χ2v) is 13.3. The number of anilines is 1. The van der Waals surface area contributed by atoms with E-state index in [1.807, 2.05) is 6.07 Å². The zero-order valence-corrected chi connectivity index (χ0v) is 22.7. The fourth-order valence-electron chi connectivity index (χ4n) is 5.29. The Labute approximate surface area is 235 Å². The fourth-order valence-corrected chi connectivity index (χ4v) is 6.49. The number of rotatable bonds is 6. The molecule has 228 valence electrons. The van der Waals surface area contributed by atoms with E-state index in [4.69, 9.17) is 4.42 Å². The van der Waals surface area contributed by atoms with E-state index in [2.05, 4.69) is 10.3 Å². The van der Waals surface area contributed by atoms with Crippen LogP contribution < -0.4 is 10.2 Å². The molecule has 42 heavy (non-hydrogen) atoms. The van der Waals surface area contributed by atoms with Gasteiger partial charge in [-0.1, -0.05) is 12.1 Å². The van der Waals surface area contributed by atoms with Gasteiger partial charge in [0.2, 0.25) is 11.8 Å². The SMILES string of the molecule is N#CC1(NC(=O)[C@@H]2CCC(F)(F)C[C@H]2c2oc(C(F)(F)C(F)(F)F)nc2-c2ccc(N3CCS(=O)(=O)CC3)cc2)CC1. The van der Waals surface area contributed by atoms with Crippen LogP contribution in [0.1, 0.15) is 49.7 Å². The molecule has 0 bridgehead atoms. The summed E-state index contributed by atoms with van der Waals surface area (Å²) in [6.45, 7) is 0.355. The number of hydrogen-bond acceptors (Lipinski definition) is 7. The molecule has 1 aliphatic heterocycles. The average molecular weight is 623 g/mol. The highest BCUT2D eigenvalue weighted by Gasteiger charge is 2.63. The van der Waals surface area contributed by atoms with Crippen LogP contribution in [0.15, 0.2) is 28.7 Å². The number of benzene rings is 1. The number of sulfone groups is 1. The summed E-state index contributed by atoms with van der Waals surface area (Å²) >= 11 is 0. The summed E-state index contributed by atoms with van der Waals surface area (Å²) < 4.78 is 126. The third kappa shape index (κ3) is 5.80. The van der Waals surface area contributed by atoms with Crippen molar-refractivity contribution >= 4 is 21.4 Å². The predicted molar refractivity (Wildman–Crippen MR) is 134 cm³/mol. The molecule has 3 fully saturated rings. The van der Waals surface area contributed by atoms with Gasteiger partial charge in [-0.2, -0.15) is 27.2 Å². The normalized spacial score (nSPS) is 25.0. The lowest BCUT2D eigenvalue weighted by atomic mass is 9.74. The van der Waals surface area contributed by atoms with Gasteiger partial charge in [-0.05, 0) is 31.4 Å². The molecule has 2 saturated carbocycles. The molecule has 1 N–H and O–H groups in total. The molecule has 2 aromatic rings. The minimum atomic E-state index is -6.11. The van der Waals surface area contributed by atoms with E-state index >= 15 is 0 Å². The standard InChI is InChI=1S/C26H25F7N4O4S/c27-24(28)6-5-17(21(38)36-23(14-34)7-8-23)18(13-24)20-19(35-22(41-20)25(29,30)26(31,32)33)15-1-3-16(4-2-15)37-9-11-42(39,40)12-10-37/h1-4,17-18H,5-13H2,(H,36,38)/t17-,18-/m1/s1. The van der Waals surface area contributed by atoms with E-state index in [-0.39, 0.29) is 30.2 Å². The quantitative estimate of drug-likeness (QED) is 0.455. The van der Waals surface area contributed by atoms with Crippen LogP contribution in [0.4, 0.5) is 36.4 Å². The van der Waals surface area contributed by atoms with Crippen molar-refractivity contribution < 1.29 is 48.4 Å². The monoisotopic (exact) mass is 622 g/mol. The Morgan fingerprint density at radius 2 is 1.69 bits per heavy atom. The summed E-state index contributed by atoms with van der Waals surface area (Å²) in [5.41, 5.74) is -1.23.